The van der Waals surface area contributed by atoms with E-state index < -0.39 is 18.3 Å². The minimum absolute atomic E-state index is 0.154. The van der Waals surface area contributed by atoms with Crippen LogP contribution in [0.15, 0.2) is 0 Å². The molecule has 1 aliphatic carbocycles. The van der Waals surface area contributed by atoms with Crippen LogP contribution in [0.4, 0.5) is 17.6 Å². The van der Waals surface area contributed by atoms with Crippen LogP contribution in [-0.2, 0) is 0 Å². The second-order valence-corrected chi connectivity index (χ2v) is 2.84. The summed E-state index contributed by atoms with van der Waals surface area (Å²) >= 11 is 0. The van der Waals surface area contributed by atoms with Gasteiger partial charge in [-0.05, 0) is 18.9 Å². The first-order valence-electron chi connectivity index (χ1n) is 3.37. The van der Waals surface area contributed by atoms with E-state index in [-0.39, 0.29) is 18.9 Å². The van der Waals surface area contributed by atoms with Crippen molar-refractivity contribution in [3.05, 3.63) is 0 Å². The van der Waals surface area contributed by atoms with Gasteiger partial charge in [0.1, 0.15) is 0 Å². The van der Waals surface area contributed by atoms with Crippen LogP contribution in [0.5, 0.6) is 0 Å². The maximum atomic E-state index is 12.4. The molecule has 0 saturated heterocycles. The van der Waals surface area contributed by atoms with Gasteiger partial charge >= 0.3 is 6.18 Å². The van der Waals surface area contributed by atoms with Gasteiger partial charge < -0.3 is 5.73 Å². The number of halogens is 4. The lowest BCUT2D eigenvalue weighted by Crippen LogP contribution is -2.27. The quantitative estimate of drug-likeness (QED) is 0.626. The number of hydrogen-bond acceptors (Lipinski definition) is 1. The Morgan fingerprint density at radius 3 is 2.27 bits per heavy atom. The van der Waals surface area contributed by atoms with Gasteiger partial charge in [0.05, 0.1) is 0 Å². The highest BCUT2D eigenvalue weighted by Gasteiger charge is 2.54. The average Bonchev–Trinajstić information content (AvgIpc) is 2.62. The Kier molecular flexibility index (Phi) is 2.09. The Bertz CT molecular complexity index is 144. The van der Waals surface area contributed by atoms with Crippen molar-refractivity contribution in [1.82, 2.24) is 0 Å². The number of alkyl halides is 4. The molecule has 2 N–H and O–H groups in total. The van der Waals surface area contributed by atoms with E-state index in [0.29, 0.717) is 0 Å². The van der Waals surface area contributed by atoms with Crippen LogP contribution in [0.2, 0.25) is 0 Å². The predicted octanol–water partition coefficient (Wildman–Crippen LogP) is 1.48. The van der Waals surface area contributed by atoms with Gasteiger partial charge in [0, 0.05) is 5.92 Å². The maximum absolute atomic E-state index is 12.4. The molecule has 66 valence electrons. The molecule has 1 rings (SSSR count). The lowest BCUT2D eigenvalue weighted by Gasteiger charge is -2.10. The topological polar surface area (TPSA) is 26.0 Å². The van der Waals surface area contributed by atoms with E-state index in [4.69, 9.17) is 5.73 Å². The summed E-state index contributed by atoms with van der Waals surface area (Å²) in [7, 11) is 0. The molecule has 0 radical (unpaired) electrons. The summed E-state index contributed by atoms with van der Waals surface area (Å²) in [6.45, 7) is 0.154. The van der Waals surface area contributed by atoms with Gasteiger partial charge in [-0.1, -0.05) is 0 Å². The molecule has 0 aromatic heterocycles. The zero-order valence-electron chi connectivity index (χ0n) is 5.74. The molecule has 0 aliphatic heterocycles. The molecule has 0 aromatic rings. The van der Waals surface area contributed by atoms with Crippen molar-refractivity contribution in [3.63, 3.8) is 0 Å². The first-order chi connectivity index (χ1) is 4.96. The van der Waals surface area contributed by atoms with Gasteiger partial charge in [0.2, 0.25) is 0 Å². The van der Waals surface area contributed by atoms with E-state index in [1.807, 2.05) is 0 Å². The Balaban J connectivity index is 2.39. The van der Waals surface area contributed by atoms with Crippen molar-refractivity contribution >= 4 is 0 Å². The molecule has 0 bridgehead atoms. The maximum Gasteiger partial charge on any atom is 0.419 e. The predicted molar refractivity (Wildman–Crippen MR) is 31.6 cm³/mol. The van der Waals surface area contributed by atoms with Crippen LogP contribution in [0, 0.1) is 11.8 Å². The van der Waals surface area contributed by atoms with Gasteiger partial charge in [0.25, 0.3) is 0 Å². The largest absolute Gasteiger partial charge is 0.419 e. The minimum atomic E-state index is -4.70. The van der Waals surface area contributed by atoms with Crippen molar-refractivity contribution in [1.29, 1.82) is 0 Å². The van der Waals surface area contributed by atoms with Crippen molar-refractivity contribution in [3.8, 4) is 0 Å². The minimum Gasteiger partial charge on any atom is -0.330 e. The summed E-state index contributed by atoms with van der Waals surface area (Å²) in [5.74, 6) is -1.13. The average molecular weight is 171 g/mol. The second-order valence-electron chi connectivity index (χ2n) is 2.84. The van der Waals surface area contributed by atoms with Crippen LogP contribution in [0.3, 0.4) is 0 Å². The van der Waals surface area contributed by atoms with Crippen LogP contribution < -0.4 is 5.73 Å². The highest BCUT2D eigenvalue weighted by atomic mass is 19.4. The van der Waals surface area contributed by atoms with E-state index in [2.05, 4.69) is 0 Å². The normalized spacial score (nSPS) is 33.5. The van der Waals surface area contributed by atoms with Crippen LogP contribution in [0.25, 0.3) is 0 Å². The number of rotatable bonds is 2. The highest BCUT2D eigenvalue weighted by Crippen LogP contribution is 2.46. The molecular weight excluding hydrogens is 162 g/mol. The van der Waals surface area contributed by atoms with Gasteiger partial charge in [-0.3, -0.25) is 0 Å². The zero-order valence-corrected chi connectivity index (χ0v) is 5.74. The van der Waals surface area contributed by atoms with Gasteiger partial charge in [-0.2, -0.15) is 13.2 Å². The number of hydrogen-bond donors (Lipinski definition) is 1. The van der Waals surface area contributed by atoms with Crippen LogP contribution in [-0.4, -0.2) is 18.9 Å². The molecule has 3 atom stereocenters. The Labute approximate surface area is 61.6 Å². The third kappa shape index (κ3) is 1.83. The molecule has 0 aromatic carbocycles. The lowest BCUT2D eigenvalue weighted by molar-refractivity contribution is -0.186. The van der Waals surface area contributed by atoms with E-state index in [9.17, 15) is 17.6 Å². The summed E-state index contributed by atoms with van der Waals surface area (Å²) in [5, 5.41) is 0. The summed E-state index contributed by atoms with van der Waals surface area (Å²) in [5.41, 5.74) is 5.07. The summed E-state index contributed by atoms with van der Waals surface area (Å²) in [6.07, 6.45) is -7.10. The molecule has 1 fully saturated rings. The van der Waals surface area contributed by atoms with Crippen LogP contribution in [0.1, 0.15) is 6.42 Å². The third-order valence-electron chi connectivity index (χ3n) is 1.97. The molecule has 0 amide bonds. The fraction of sp³-hybridized carbons (Fsp3) is 1.00. The monoisotopic (exact) mass is 171 g/mol. The molecule has 1 saturated carbocycles. The van der Waals surface area contributed by atoms with Crippen molar-refractivity contribution in [2.24, 2.45) is 17.6 Å². The number of nitrogens with two attached hydrogens (primary N) is 1. The second kappa shape index (κ2) is 2.62. The Morgan fingerprint density at radius 1 is 1.45 bits per heavy atom. The van der Waals surface area contributed by atoms with E-state index in [0.717, 1.165) is 0 Å². The third-order valence-corrected chi connectivity index (χ3v) is 1.97. The zero-order chi connectivity index (χ0) is 8.65. The summed E-state index contributed by atoms with van der Waals surface area (Å²) in [4.78, 5) is 0. The van der Waals surface area contributed by atoms with Gasteiger partial charge in [-0.15, -0.1) is 0 Å². The lowest BCUT2D eigenvalue weighted by atomic mass is 10.2. The van der Waals surface area contributed by atoms with E-state index >= 15 is 0 Å². The Morgan fingerprint density at radius 2 is 2.00 bits per heavy atom. The molecule has 5 heteroatoms. The molecule has 1 nitrogen and oxygen atoms in total. The van der Waals surface area contributed by atoms with E-state index in [1.165, 1.54) is 0 Å². The molecular formula is C6H9F4N. The molecule has 11 heavy (non-hydrogen) atoms. The fourth-order valence-corrected chi connectivity index (χ4v) is 1.14. The smallest absolute Gasteiger partial charge is 0.330 e. The van der Waals surface area contributed by atoms with Crippen molar-refractivity contribution < 1.29 is 17.6 Å². The first kappa shape index (κ1) is 8.77. The molecule has 0 heterocycles. The molecule has 0 spiro atoms. The van der Waals surface area contributed by atoms with E-state index in [1.54, 1.807) is 0 Å². The Hall–Kier alpha value is -0.320. The molecule has 1 unspecified atom stereocenters. The van der Waals surface area contributed by atoms with Gasteiger partial charge in [-0.25, -0.2) is 4.39 Å². The van der Waals surface area contributed by atoms with Crippen molar-refractivity contribution in [2.75, 3.05) is 6.54 Å². The van der Waals surface area contributed by atoms with Crippen molar-refractivity contribution in [2.45, 2.75) is 18.8 Å². The fourth-order valence-electron chi connectivity index (χ4n) is 1.14. The summed E-state index contributed by atoms with van der Waals surface area (Å²) < 4.78 is 47.3. The first-order valence-corrected chi connectivity index (χ1v) is 3.37. The molecule has 1 aliphatic rings. The SMILES string of the molecule is NC[C@@H]1C[C@H]1C(F)C(F)(F)F. The highest BCUT2D eigenvalue weighted by molar-refractivity contribution is 4.94. The van der Waals surface area contributed by atoms with Crippen LogP contribution >= 0.6 is 0 Å². The van der Waals surface area contributed by atoms with Gasteiger partial charge in [0.15, 0.2) is 6.17 Å². The summed E-state index contributed by atoms with van der Waals surface area (Å²) in [6, 6.07) is 0. The standard InChI is InChI=1S/C6H9F4N/c7-5(6(8,9)10)4-1-3(4)2-11/h3-5H,1-2,11H2/t3-,4+,5?/m0/s1.